The molecule has 1 heterocycles. The van der Waals surface area contributed by atoms with E-state index in [-0.39, 0.29) is 18.1 Å². The number of esters is 1. The average Bonchev–Trinajstić information content (AvgIpc) is 2.52. The lowest BCUT2D eigenvalue weighted by Gasteiger charge is -2.26. The summed E-state index contributed by atoms with van der Waals surface area (Å²) in [7, 11) is -2.12. The second kappa shape index (κ2) is 5.41. The zero-order valence-corrected chi connectivity index (χ0v) is 13.0. The molecule has 0 bridgehead atoms. The summed E-state index contributed by atoms with van der Waals surface area (Å²) in [5.74, 6) is 0.0298. The van der Waals surface area contributed by atoms with Gasteiger partial charge in [0.1, 0.15) is 11.6 Å². The highest BCUT2D eigenvalue weighted by Crippen LogP contribution is 2.19. The highest BCUT2D eigenvalue weighted by Gasteiger charge is 2.27. The predicted octanol–water partition coefficient (Wildman–Crippen LogP) is -0.112. The van der Waals surface area contributed by atoms with Crippen LogP contribution in [0.1, 0.15) is 30.2 Å². The number of hydrogen-bond acceptors (Lipinski definition) is 6. The van der Waals surface area contributed by atoms with Crippen LogP contribution in [0.25, 0.3) is 0 Å². The van der Waals surface area contributed by atoms with Gasteiger partial charge >= 0.3 is 5.97 Å². The Bertz CT molecular complexity index is 619. The van der Waals surface area contributed by atoms with Gasteiger partial charge in [0.15, 0.2) is 5.69 Å². The Kier molecular flexibility index (Phi) is 4.45. The minimum Gasteiger partial charge on any atom is -0.464 e. The molecule has 20 heavy (non-hydrogen) atoms. The summed E-state index contributed by atoms with van der Waals surface area (Å²) in [6, 6.07) is 0. The van der Waals surface area contributed by atoms with E-state index in [1.54, 1.807) is 25.3 Å². The number of nitrogen functional groups attached to an aromatic ring is 1. The first kappa shape index (κ1) is 16.4. The van der Waals surface area contributed by atoms with Crippen molar-refractivity contribution in [1.82, 2.24) is 14.3 Å². The van der Waals surface area contributed by atoms with Gasteiger partial charge in [-0.25, -0.2) is 22.9 Å². The minimum atomic E-state index is -3.36. The molecule has 114 valence electrons. The van der Waals surface area contributed by atoms with Gasteiger partial charge in [0.2, 0.25) is 10.0 Å². The second-order valence-electron chi connectivity index (χ2n) is 5.23. The van der Waals surface area contributed by atoms with Crippen LogP contribution in [0.15, 0.2) is 0 Å². The highest BCUT2D eigenvalue weighted by molar-refractivity contribution is 7.88. The van der Waals surface area contributed by atoms with Gasteiger partial charge in [0, 0.05) is 12.1 Å². The van der Waals surface area contributed by atoms with E-state index in [1.165, 1.54) is 7.11 Å². The molecule has 0 unspecified atom stereocenters. The van der Waals surface area contributed by atoms with Gasteiger partial charge in [-0.15, -0.1) is 0 Å². The smallest absolute Gasteiger partial charge is 0.360 e. The van der Waals surface area contributed by atoms with Crippen LogP contribution < -0.4 is 10.5 Å². The van der Waals surface area contributed by atoms with Crippen LogP contribution in [0.3, 0.4) is 0 Å². The molecule has 0 amide bonds. The number of imidazole rings is 1. The Morgan fingerprint density at radius 1 is 1.50 bits per heavy atom. The van der Waals surface area contributed by atoms with E-state index in [1.807, 2.05) is 0 Å². The number of aryl methyl sites for hydroxylation is 1. The van der Waals surface area contributed by atoms with E-state index in [0.29, 0.717) is 5.82 Å². The molecule has 1 aromatic rings. The zero-order chi connectivity index (χ0) is 15.7. The molecule has 0 radical (unpaired) electrons. The molecule has 0 spiro atoms. The molecule has 0 aliphatic carbocycles. The van der Waals surface area contributed by atoms with Gasteiger partial charge in [0.05, 0.1) is 13.4 Å². The molecule has 3 N–H and O–H groups in total. The molecule has 9 heteroatoms. The summed E-state index contributed by atoms with van der Waals surface area (Å²) in [5, 5.41) is 0. The highest BCUT2D eigenvalue weighted by atomic mass is 32.2. The van der Waals surface area contributed by atoms with Gasteiger partial charge < -0.3 is 15.0 Å². The lowest BCUT2D eigenvalue weighted by Crippen LogP contribution is -2.46. The molecular weight excluding hydrogens is 284 g/mol. The first-order valence-electron chi connectivity index (χ1n) is 5.87. The number of ether oxygens (including phenoxy) is 1. The van der Waals surface area contributed by atoms with Crippen LogP contribution in [0.2, 0.25) is 0 Å². The van der Waals surface area contributed by atoms with Crippen molar-refractivity contribution in [3.05, 3.63) is 11.5 Å². The monoisotopic (exact) mass is 304 g/mol. The lowest BCUT2D eigenvalue weighted by molar-refractivity contribution is 0.0595. The molecule has 0 fully saturated rings. The van der Waals surface area contributed by atoms with Crippen LogP contribution in [0, 0.1) is 6.92 Å². The number of methoxy groups -OCH3 is 1. The van der Waals surface area contributed by atoms with E-state index in [0.717, 1.165) is 6.26 Å². The van der Waals surface area contributed by atoms with Gasteiger partial charge in [0.25, 0.3) is 0 Å². The number of aromatic nitrogens is 2. The number of anilines is 1. The van der Waals surface area contributed by atoms with E-state index in [4.69, 9.17) is 5.73 Å². The topological polar surface area (TPSA) is 116 Å². The number of carbonyl (C=O) groups is 1. The van der Waals surface area contributed by atoms with Crippen LogP contribution in [0.4, 0.5) is 5.82 Å². The SMILES string of the molecule is COC(=O)c1nc(C)n(CC(C)(C)NS(C)(=O)=O)c1N. The maximum atomic E-state index is 11.5. The number of rotatable bonds is 5. The third-order valence-corrected chi connectivity index (χ3v) is 3.51. The standard InChI is InChI=1S/C11H20N4O4S/c1-7-13-8(10(16)19-4)9(12)15(7)6-11(2,3)14-20(5,17)18/h14H,6,12H2,1-5H3. The van der Waals surface area contributed by atoms with Gasteiger partial charge in [-0.1, -0.05) is 0 Å². The maximum absolute atomic E-state index is 11.5. The molecule has 0 aliphatic heterocycles. The van der Waals surface area contributed by atoms with Crippen molar-refractivity contribution in [3.63, 3.8) is 0 Å². The van der Waals surface area contributed by atoms with Crippen LogP contribution in [-0.4, -0.2) is 42.8 Å². The summed E-state index contributed by atoms with van der Waals surface area (Å²) < 4.78 is 31.3. The molecule has 1 rings (SSSR count). The quantitative estimate of drug-likeness (QED) is 0.733. The van der Waals surface area contributed by atoms with Crippen molar-refractivity contribution in [2.24, 2.45) is 0 Å². The summed E-state index contributed by atoms with van der Waals surface area (Å²) >= 11 is 0. The largest absolute Gasteiger partial charge is 0.464 e. The summed E-state index contributed by atoms with van der Waals surface area (Å²) in [6.45, 7) is 5.34. The van der Waals surface area contributed by atoms with E-state index in [2.05, 4.69) is 14.4 Å². The van der Waals surface area contributed by atoms with Crippen molar-refractivity contribution in [2.75, 3.05) is 19.1 Å². The fourth-order valence-electron chi connectivity index (χ4n) is 1.96. The normalized spacial score (nSPS) is 12.4. The van der Waals surface area contributed by atoms with Crippen molar-refractivity contribution in [1.29, 1.82) is 0 Å². The number of sulfonamides is 1. The molecular formula is C11H20N4O4S. The zero-order valence-electron chi connectivity index (χ0n) is 12.2. The summed E-state index contributed by atoms with van der Waals surface area (Å²) in [6.07, 6.45) is 1.08. The number of nitrogens with zero attached hydrogens (tertiary/aromatic N) is 2. The van der Waals surface area contributed by atoms with Crippen molar-refractivity contribution >= 4 is 21.8 Å². The first-order valence-corrected chi connectivity index (χ1v) is 7.76. The van der Waals surface area contributed by atoms with E-state index < -0.39 is 21.5 Å². The lowest BCUT2D eigenvalue weighted by atomic mass is 10.1. The fourth-order valence-corrected chi connectivity index (χ4v) is 3.03. The predicted molar refractivity (Wildman–Crippen MR) is 74.8 cm³/mol. The molecule has 0 aromatic carbocycles. The number of carbonyl (C=O) groups excluding carboxylic acids is 1. The van der Waals surface area contributed by atoms with Crippen LogP contribution in [0.5, 0.6) is 0 Å². The van der Waals surface area contributed by atoms with E-state index >= 15 is 0 Å². The first-order chi connectivity index (χ1) is 8.97. The molecule has 0 saturated heterocycles. The molecule has 8 nitrogen and oxygen atoms in total. The molecule has 1 aromatic heterocycles. The summed E-state index contributed by atoms with van der Waals surface area (Å²) in [4.78, 5) is 15.6. The van der Waals surface area contributed by atoms with Gasteiger partial charge in [-0.05, 0) is 20.8 Å². The number of nitrogens with two attached hydrogens (primary N) is 1. The number of hydrogen-bond donors (Lipinski definition) is 2. The Morgan fingerprint density at radius 2 is 2.05 bits per heavy atom. The molecule has 0 aliphatic rings. The van der Waals surface area contributed by atoms with Gasteiger partial charge in [-0.2, -0.15) is 0 Å². The fraction of sp³-hybridized carbons (Fsp3) is 0.636. The van der Waals surface area contributed by atoms with Gasteiger partial charge in [-0.3, -0.25) is 0 Å². The summed E-state index contributed by atoms with van der Waals surface area (Å²) in [5.41, 5.74) is 5.12. The Labute approximate surface area is 118 Å². The Hall–Kier alpha value is -1.61. The van der Waals surface area contributed by atoms with Crippen molar-refractivity contribution in [3.8, 4) is 0 Å². The molecule has 0 saturated carbocycles. The average molecular weight is 304 g/mol. The van der Waals surface area contributed by atoms with E-state index in [9.17, 15) is 13.2 Å². The maximum Gasteiger partial charge on any atom is 0.360 e. The van der Waals surface area contributed by atoms with Crippen molar-refractivity contribution in [2.45, 2.75) is 32.9 Å². The van der Waals surface area contributed by atoms with Crippen LogP contribution in [-0.2, 0) is 21.3 Å². The third-order valence-electron chi connectivity index (χ3n) is 2.59. The Balaban J connectivity index is 3.10. The number of nitrogens with one attached hydrogen (secondary N) is 1. The molecule has 0 atom stereocenters. The second-order valence-corrected chi connectivity index (χ2v) is 6.98. The van der Waals surface area contributed by atoms with Crippen molar-refractivity contribution < 1.29 is 17.9 Å². The third kappa shape index (κ3) is 3.94. The Morgan fingerprint density at radius 3 is 2.50 bits per heavy atom. The van der Waals surface area contributed by atoms with Crippen LogP contribution >= 0.6 is 0 Å². The minimum absolute atomic E-state index is 0.0279.